The van der Waals surface area contributed by atoms with Crippen molar-refractivity contribution in [1.29, 1.82) is 0 Å². The van der Waals surface area contributed by atoms with Crippen molar-refractivity contribution in [3.8, 4) is 0 Å². The summed E-state index contributed by atoms with van der Waals surface area (Å²) in [5.74, 6) is -1.04. The molecule has 1 aliphatic heterocycles. The van der Waals surface area contributed by atoms with Gasteiger partial charge in [0.2, 0.25) is 5.91 Å². The van der Waals surface area contributed by atoms with Crippen LogP contribution in [-0.4, -0.2) is 46.9 Å². The Labute approximate surface area is 135 Å². The summed E-state index contributed by atoms with van der Waals surface area (Å²) in [5, 5.41) is 7.46. The van der Waals surface area contributed by atoms with Gasteiger partial charge in [-0.3, -0.25) is 19.8 Å². The summed E-state index contributed by atoms with van der Waals surface area (Å²) in [5.41, 5.74) is -0.853. The second-order valence-electron chi connectivity index (χ2n) is 6.30. The fourth-order valence-corrected chi connectivity index (χ4v) is 2.99. The van der Waals surface area contributed by atoms with Gasteiger partial charge in [0, 0.05) is 6.04 Å². The van der Waals surface area contributed by atoms with E-state index in [1.165, 1.54) is 0 Å². The van der Waals surface area contributed by atoms with Crippen LogP contribution in [0, 0.1) is 0 Å². The van der Waals surface area contributed by atoms with Gasteiger partial charge in [-0.1, -0.05) is 26.2 Å². The molecule has 6 amide bonds. The Kier molecular flexibility index (Phi) is 5.23. The van der Waals surface area contributed by atoms with E-state index < -0.39 is 30.1 Å². The van der Waals surface area contributed by atoms with E-state index in [1.807, 2.05) is 13.8 Å². The summed E-state index contributed by atoms with van der Waals surface area (Å²) in [6.07, 6.45) is 4.74. The minimum absolute atomic E-state index is 0.0648. The van der Waals surface area contributed by atoms with Crippen molar-refractivity contribution in [2.75, 3.05) is 6.54 Å². The van der Waals surface area contributed by atoms with Crippen molar-refractivity contribution in [2.24, 2.45) is 0 Å². The molecule has 2 rings (SSSR count). The van der Waals surface area contributed by atoms with Gasteiger partial charge in [-0.15, -0.1) is 0 Å². The van der Waals surface area contributed by atoms with Crippen LogP contribution in [0.2, 0.25) is 0 Å². The number of rotatable bonds is 4. The number of hydrogen-bond acceptors (Lipinski definition) is 4. The standard InChI is InChI=1S/C15H24N4O4/c1-3-10(2)16-13(22)17-11(20)9-19-12(21)15(18-14(19)23)7-5-4-6-8-15/h10H,3-9H2,1-2H3,(H,18,23)(H2,16,17,20,22)/t10-/m1/s1. The molecule has 2 fully saturated rings. The molecule has 0 unspecified atom stereocenters. The summed E-state index contributed by atoms with van der Waals surface area (Å²) in [6.45, 7) is 3.28. The zero-order valence-electron chi connectivity index (χ0n) is 13.6. The Morgan fingerprint density at radius 1 is 1.26 bits per heavy atom. The van der Waals surface area contributed by atoms with Gasteiger partial charge in [0.1, 0.15) is 12.1 Å². The average molecular weight is 324 g/mol. The zero-order chi connectivity index (χ0) is 17.0. The molecule has 2 aliphatic rings. The van der Waals surface area contributed by atoms with Gasteiger partial charge < -0.3 is 10.6 Å². The van der Waals surface area contributed by atoms with Crippen molar-refractivity contribution in [2.45, 2.75) is 64.0 Å². The minimum atomic E-state index is -0.853. The molecule has 128 valence electrons. The van der Waals surface area contributed by atoms with Crippen LogP contribution in [0.4, 0.5) is 9.59 Å². The first-order chi connectivity index (χ1) is 10.9. The number of carbonyl (C=O) groups excluding carboxylic acids is 4. The summed E-state index contributed by atoms with van der Waals surface area (Å²) < 4.78 is 0. The van der Waals surface area contributed by atoms with E-state index in [9.17, 15) is 19.2 Å². The molecule has 23 heavy (non-hydrogen) atoms. The van der Waals surface area contributed by atoms with Crippen LogP contribution in [0.25, 0.3) is 0 Å². The Morgan fingerprint density at radius 2 is 1.91 bits per heavy atom. The normalized spacial score (nSPS) is 21.0. The second-order valence-corrected chi connectivity index (χ2v) is 6.30. The van der Waals surface area contributed by atoms with Crippen molar-refractivity contribution in [1.82, 2.24) is 20.9 Å². The lowest BCUT2D eigenvalue weighted by atomic mass is 9.82. The summed E-state index contributed by atoms with van der Waals surface area (Å²) in [7, 11) is 0. The van der Waals surface area contributed by atoms with Crippen LogP contribution in [0.5, 0.6) is 0 Å². The maximum Gasteiger partial charge on any atom is 0.325 e. The maximum absolute atomic E-state index is 12.5. The minimum Gasteiger partial charge on any atom is -0.335 e. The maximum atomic E-state index is 12.5. The van der Waals surface area contributed by atoms with Gasteiger partial charge in [0.15, 0.2) is 0 Å². The second kappa shape index (κ2) is 6.97. The molecule has 0 aromatic rings. The lowest BCUT2D eigenvalue weighted by molar-refractivity contribution is -0.135. The van der Waals surface area contributed by atoms with Gasteiger partial charge in [0.05, 0.1) is 0 Å². The fraction of sp³-hybridized carbons (Fsp3) is 0.733. The lowest BCUT2D eigenvalue weighted by Gasteiger charge is -2.30. The Hall–Kier alpha value is -2.12. The van der Waals surface area contributed by atoms with E-state index >= 15 is 0 Å². The lowest BCUT2D eigenvalue weighted by Crippen LogP contribution is -2.50. The van der Waals surface area contributed by atoms with Crippen molar-refractivity contribution >= 4 is 23.9 Å². The number of imide groups is 2. The molecule has 1 heterocycles. The van der Waals surface area contributed by atoms with Crippen LogP contribution in [0.15, 0.2) is 0 Å². The monoisotopic (exact) mass is 324 g/mol. The van der Waals surface area contributed by atoms with E-state index in [1.54, 1.807) is 0 Å². The molecule has 1 aliphatic carbocycles. The summed E-state index contributed by atoms with van der Waals surface area (Å²) in [6, 6.07) is -1.25. The average Bonchev–Trinajstić information content (AvgIpc) is 2.72. The van der Waals surface area contributed by atoms with Gasteiger partial charge >= 0.3 is 12.1 Å². The number of amides is 6. The van der Waals surface area contributed by atoms with E-state index in [0.29, 0.717) is 12.8 Å². The number of hydrogen-bond donors (Lipinski definition) is 3. The van der Waals surface area contributed by atoms with E-state index in [2.05, 4.69) is 16.0 Å². The first-order valence-corrected chi connectivity index (χ1v) is 8.12. The predicted octanol–water partition coefficient (Wildman–Crippen LogP) is 0.865. The van der Waals surface area contributed by atoms with Gasteiger partial charge in [-0.05, 0) is 26.2 Å². The third kappa shape index (κ3) is 3.80. The number of nitrogens with zero attached hydrogens (tertiary/aromatic N) is 1. The van der Waals surface area contributed by atoms with Crippen LogP contribution < -0.4 is 16.0 Å². The molecule has 8 nitrogen and oxygen atoms in total. The molecule has 0 bridgehead atoms. The van der Waals surface area contributed by atoms with E-state index in [4.69, 9.17) is 0 Å². The SMILES string of the molecule is CC[C@@H](C)NC(=O)NC(=O)CN1C(=O)NC2(CCCCC2)C1=O. The number of carbonyl (C=O) groups is 4. The number of nitrogens with one attached hydrogen (secondary N) is 3. The molecule has 0 aromatic heterocycles. The quantitative estimate of drug-likeness (QED) is 0.667. The Balaban J connectivity index is 1.92. The Bertz CT molecular complexity index is 514. The van der Waals surface area contributed by atoms with Gasteiger partial charge in [-0.25, -0.2) is 9.59 Å². The number of urea groups is 2. The van der Waals surface area contributed by atoms with E-state index in [0.717, 1.165) is 30.6 Å². The fourth-order valence-electron chi connectivity index (χ4n) is 2.99. The van der Waals surface area contributed by atoms with Crippen molar-refractivity contribution in [3.63, 3.8) is 0 Å². The molecule has 1 spiro atoms. The third-order valence-corrected chi connectivity index (χ3v) is 4.50. The highest BCUT2D eigenvalue weighted by atomic mass is 16.2. The molecule has 1 saturated carbocycles. The largest absolute Gasteiger partial charge is 0.335 e. The predicted molar refractivity (Wildman–Crippen MR) is 82.5 cm³/mol. The Morgan fingerprint density at radius 3 is 2.52 bits per heavy atom. The summed E-state index contributed by atoms with van der Waals surface area (Å²) in [4.78, 5) is 48.9. The highest BCUT2D eigenvalue weighted by Crippen LogP contribution is 2.33. The topological polar surface area (TPSA) is 108 Å². The highest BCUT2D eigenvalue weighted by Gasteiger charge is 2.51. The van der Waals surface area contributed by atoms with Crippen molar-refractivity contribution in [3.05, 3.63) is 0 Å². The molecule has 1 saturated heterocycles. The van der Waals surface area contributed by atoms with Crippen LogP contribution in [0.1, 0.15) is 52.4 Å². The molecule has 0 aromatic carbocycles. The zero-order valence-corrected chi connectivity index (χ0v) is 13.6. The summed E-state index contributed by atoms with van der Waals surface area (Å²) >= 11 is 0. The smallest absolute Gasteiger partial charge is 0.325 e. The van der Waals surface area contributed by atoms with Crippen LogP contribution >= 0.6 is 0 Å². The molecule has 8 heteroatoms. The molecular formula is C15H24N4O4. The molecule has 0 radical (unpaired) electrons. The molecular weight excluding hydrogens is 300 g/mol. The van der Waals surface area contributed by atoms with Gasteiger partial charge in [0.25, 0.3) is 5.91 Å². The third-order valence-electron chi connectivity index (χ3n) is 4.50. The highest BCUT2D eigenvalue weighted by molar-refractivity contribution is 6.10. The van der Waals surface area contributed by atoms with Crippen LogP contribution in [0.3, 0.4) is 0 Å². The first-order valence-electron chi connectivity index (χ1n) is 8.12. The molecule has 1 atom stereocenters. The first kappa shape index (κ1) is 17.2. The molecule has 3 N–H and O–H groups in total. The van der Waals surface area contributed by atoms with Gasteiger partial charge in [-0.2, -0.15) is 0 Å². The van der Waals surface area contributed by atoms with Crippen LogP contribution in [-0.2, 0) is 9.59 Å². The van der Waals surface area contributed by atoms with E-state index in [-0.39, 0.29) is 11.9 Å². The van der Waals surface area contributed by atoms with Crippen molar-refractivity contribution < 1.29 is 19.2 Å².